The van der Waals surface area contributed by atoms with Gasteiger partial charge in [0.1, 0.15) is 0 Å². The van der Waals surface area contributed by atoms with Crippen LogP contribution in [0.4, 0.5) is 5.69 Å². The van der Waals surface area contributed by atoms with Gasteiger partial charge in [-0.25, -0.2) is 9.78 Å². The molecule has 1 atom stereocenters. The van der Waals surface area contributed by atoms with E-state index in [1.807, 2.05) is 24.3 Å². The van der Waals surface area contributed by atoms with Crippen LogP contribution in [0.25, 0.3) is 0 Å². The minimum Gasteiger partial charge on any atom is -0.448 e. The van der Waals surface area contributed by atoms with Crippen LogP contribution in [0.1, 0.15) is 29.9 Å². The summed E-state index contributed by atoms with van der Waals surface area (Å²) in [5, 5.41) is 2.70. The van der Waals surface area contributed by atoms with Crippen LogP contribution in [0, 0.1) is 0 Å². The van der Waals surface area contributed by atoms with Gasteiger partial charge in [-0.3, -0.25) is 9.78 Å². The lowest BCUT2D eigenvalue weighted by molar-refractivity contribution is -0.123. The molecule has 0 bridgehead atoms. The fraction of sp³-hybridized carbons (Fsp3) is 0.250. The molecule has 0 aliphatic carbocycles. The molecule has 0 aliphatic rings. The van der Waals surface area contributed by atoms with E-state index in [9.17, 15) is 9.59 Å². The van der Waals surface area contributed by atoms with Crippen LogP contribution in [-0.4, -0.2) is 27.9 Å². The molecule has 0 fully saturated rings. The van der Waals surface area contributed by atoms with Crippen LogP contribution in [0.2, 0.25) is 0 Å². The van der Waals surface area contributed by atoms with Crippen molar-refractivity contribution >= 4 is 17.6 Å². The zero-order valence-electron chi connectivity index (χ0n) is 12.4. The van der Waals surface area contributed by atoms with E-state index in [4.69, 9.17) is 4.74 Å². The minimum absolute atomic E-state index is 0.0643. The lowest BCUT2D eigenvalue weighted by atomic mass is 10.1. The zero-order chi connectivity index (χ0) is 15.9. The quantitative estimate of drug-likeness (QED) is 0.856. The van der Waals surface area contributed by atoms with Gasteiger partial charge < -0.3 is 10.1 Å². The molecule has 2 aromatic rings. The Kier molecular flexibility index (Phi) is 5.19. The molecule has 1 aromatic carbocycles. The molecule has 0 saturated carbocycles. The van der Waals surface area contributed by atoms with Crippen molar-refractivity contribution in [3.8, 4) is 0 Å². The Labute approximate surface area is 128 Å². The summed E-state index contributed by atoms with van der Waals surface area (Å²) in [6.07, 6.45) is 4.13. The summed E-state index contributed by atoms with van der Waals surface area (Å²) in [4.78, 5) is 31.4. The van der Waals surface area contributed by atoms with Crippen molar-refractivity contribution < 1.29 is 14.3 Å². The predicted octanol–water partition coefficient (Wildman–Crippen LogP) is 2.22. The smallest absolute Gasteiger partial charge is 0.359 e. The number of nitrogens with zero attached hydrogens (tertiary/aromatic N) is 2. The molecule has 1 amide bonds. The maximum Gasteiger partial charge on any atom is 0.359 e. The van der Waals surface area contributed by atoms with Crippen LogP contribution >= 0.6 is 0 Å². The molecule has 6 heteroatoms. The number of benzene rings is 1. The third kappa shape index (κ3) is 4.12. The van der Waals surface area contributed by atoms with E-state index >= 15 is 0 Å². The lowest BCUT2D eigenvalue weighted by Crippen LogP contribution is -2.30. The van der Waals surface area contributed by atoms with E-state index < -0.39 is 18.0 Å². The van der Waals surface area contributed by atoms with Crippen LogP contribution in [0.3, 0.4) is 0 Å². The Hall–Kier alpha value is -2.76. The van der Waals surface area contributed by atoms with E-state index in [0.717, 1.165) is 6.42 Å². The molecule has 0 spiro atoms. The predicted molar refractivity (Wildman–Crippen MR) is 81.4 cm³/mol. The number of amides is 1. The van der Waals surface area contributed by atoms with E-state index in [2.05, 4.69) is 22.2 Å². The van der Waals surface area contributed by atoms with Gasteiger partial charge in [0, 0.05) is 18.1 Å². The van der Waals surface area contributed by atoms with Crippen molar-refractivity contribution in [3.05, 3.63) is 54.1 Å². The lowest BCUT2D eigenvalue weighted by Gasteiger charge is -2.13. The summed E-state index contributed by atoms with van der Waals surface area (Å²) >= 11 is 0. The van der Waals surface area contributed by atoms with Gasteiger partial charge in [0.2, 0.25) is 0 Å². The third-order valence-electron chi connectivity index (χ3n) is 3.06. The first-order valence-corrected chi connectivity index (χ1v) is 6.97. The van der Waals surface area contributed by atoms with Crippen molar-refractivity contribution in [1.29, 1.82) is 0 Å². The fourth-order valence-electron chi connectivity index (χ4n) is 1.75. The summed E-state index contributed by atoms with van der Waals surface area (Å²) < 4.78 is 5.06. The van der Waals surface area contributed by atoms with Crippen molar-refractivity contribution in [2.75, 3.05) is 5.32 Å². The van der Waals surface area contributed by atoms with Crippen LogP contribution in [-0.2, 0) is 16.0 Å². The van der Waals surface area contributed by atoms with Crippen molar-refractivity contribution in [2.24, 2.45) is 0 Å². The van der Waals surface area contributed by atoms with Crippen LogP contribution < -0.4 is 5.32 Å². The Balaban J connectivity index is 1.92. The van der Waals surface area contributed by atoms with Crippen molar-refractivity contribution in [3.63, 3.8) is 0 Å². The molecule has 0 aliphatic heterocycles. The standard InChI is InChI=1S/C16H17N3O3/c1-3-12-4-6-13(7-5-12)19-15(20)11(2)22-16(21)14-10-17-8-9-18-14/h4-11H,3H2,1-2H3,(H,19,20)/t11-/m1/s1. The normalized spacial score (nSPS) is 11.5. The van der Waals surface area contributed by atoms with Gasteiger partial charge in [-0.05, 0) is 31.0 Å². The Morgan fingerprint density at radius 3 is 2.55 bits per heavy atom. The number of carbonyl (C=O) groups excluding carboxylic acids is 2. The molecule has 1 aromatic heterocycles. The van der Waals surface area contributed by atoms with Crippen molar-refractivity contribution in [1.82, 2.24) is 9.97 Å². The van der Waals surface area contributed by atoms with E-state index in [-0.39, 0.29) is 5.69 Å². The highest BCUT2D eigenvalue weighted by Gasteiger charge is 2.19. The fourth-order valence-corrected chi connectivity index (χ4v) is 1.75. The first kappa shape index (κ1) is 15.6. The molecule has 22 heavy (non-hydrogen) atoms. The molecule has 0 saturated heterocycles. The monoisotopic (exact) mass is 299 g/mol. The largest absolute Gasteiger partial charge is 0.448 e. The number of esters is 1. The average Bonchev–Trinajstić information content (AvgIpc) is 2.56. The highest BCUT2D eigenvalue weighted by Crippen LogP contribution is 2.11. The second-order valence-electron chi connectivity index (χ2n) is 4.68. The molecular weight excluding hydrogens is 282 g/mol. The van der Waals surface area contributed by atoms with E-state index in [1.54, 1.807) is 0 Å². The van der Waals surface area contributed by atoms with Gasteiger partial charge in [0.15, 0.2) is 11.8 Å². The average molecular weight is 299 g/mol. The van der Waals surface area contributed by atoms with Crippen molar-refractivity contribution in [2.45, 2.75) is 26.4 Å². The topological polar surface area (TPSA) is 81.2 Å². The number of carbonyl (C=O) groups is 2. The number of aromatic nitrogens is 2. The second kappa shape index (κ2) is 7.31. The number of anilines is 1. The number of hydrogen-bond donors (Lipinski definition) is 1. The molecule has 1 N–H and O–H groups in total. The third-order valence-corrected chi connectivity index (χ3v) is 3.06. The number of ether oxygens (including phenoxy) is 1. The van der Waals surface area contributed by atoms with Gasteiger partial charge in [0.25, 0.3) is 5.91 Å². The summed E-state index contributed by atoms with van der Waals surface area (Å²) in [6.45, 7) is 3.56. The molecule has 2 rings (SSSR count). The molecule has 6 nitrogen and oxygen atoms in total. The van der Waals surface area contributed by atoms with Gasteiger partial charge in [0.05, 0.1) is 6.20 Å². The summed E-state index contributed by atoms with van der Waals surface area (Å²) in [6, 6.07) is 7.50. The first-order chi connectivity index (χ1) is 10.6. The Morgan fingerprint density at radius 2 is 1.95 bits per heavy atom. The Morgan fingerprint density at radius 1 is 1.23 bits per heavy atom. The minimum atomic E-state index is -0.930. The summed E-state index contributed by atoms with van der Waals surface area (Å²) in [5.74, 6) is -1.08. The van der Waals surface area contributed by atoms with Gasteiger partial charge in [-0.15, -0.1) is 0 Å². The molecular formula is C16H17N3O3. The highest BCUT2D eigenvalue weighted by atomic mass is 16.5. The summed E-state index contributed by atoms with van der Waals surface area (Å²) in [5.41, 5.74) is 1.90. The molecule has 0 radical (unpaired) electrons. The van der Waals surface area contributed by atoms with Crippen LogP contribution in [0.5, 0.6) is 0 Å². The number of aryl methyl sites for hydroxylation is 1. The second-order valence-corrected chi connectivity index (χ2v) is 4.68. The van der Waals surface area contributed by atoms with Gasteiger partial charge in [-0.2, -0.15) is 0 Å². The molecule has 0 unspecified atom stereocenters. The van der Waals surface area contributed by atoms with E-state index in [1.165, 1.54) is 31.1 Å². The maximum absolute atomic E-state index is 12.0. The number of hydrogen-bond acceptors (Lipinski definition) is 5. The molecule has 1 heterocycles. The zero-order valence-corrected chi connectivity index (χ0v) is 12.4. The maximum atomic E-state index is 12.0. The van der Waals surface area contributed by atoms with Crippen LogP contribution in [0.15, 0.2) is 42.9 Å². The Bertz CT molecular complexity index is 641. The number of rotatable bonds is 5. The van der Waals surface area contributed by atoms with Gasteiger partial charge >= 0.3 is 5.97 Å². The first-order valence-electron chi connectivity index (χ1n) is 6.97. The molecule has 114 valence electrons. The SMILES string of the molecule is CCc1ccc(NC(=O)[C@@H](C)OC(=O)c2cnccn2)cc1. The summed E-state index contributed by atoms with van der Waals surface area (Å²) in [7, 11) is 0. The highest BCUT2D eigenvalue weighted by molar-refractivity contribution is 5.96. The number of nitrogens with one attached hydrogen (secondary N) is 1. The van der Waals surface area contributed by atoms with Gasteiger partial charge in [-0.1, -0.05) is 19.1 Å². The van der Waals surface area contributed by atoms with E-state index in [0.29, 0.717) is 5.69 Å².